The van der Waals surface area contributed by atoms with Gasteiger partial charge in [-0.25, -0.2) is 9.37 Å². The van der Waals surface area contributed by atoms with E-state index in [0.717, 1.165) is 27.5 Å². The van der Waals surface area contributed by atoms with Gasteiger partial charge in [0.1, 0.15) is 5.82 Å². The quantitative estimate of drug-likeness (QED) is 0.723. The summed E-state index contributed by atoms with van der Waals surface area (Å²) in [5.74, 6) is -0.324. The molecule has 3 rings (SSSR count). The van der Waals surface area contributed by atoms with E-state index >= 15 is 0 Å². The van der Waals surface area contributed by atoms with Gasteiger partial charge in [-0.1, -0.05) is 24.3 Å². The van der Waals surface area contributed by atoms with Crippen LogP contribution in [-0.2, 0) is 11.2 Å². The Kier molecular flexibility index (Phi) is 5.01. The van der Waals surface area contributed by atoms with Crippen molar-refractivity contribution in [3.8, 4) is 11.3 Å². The standard InChI is InChI=1S/C19H17FN2OS/c1-13-21-18(12-24-13)15-5-9-17(10-6-15)22-19(23)11-4-14-2-7-16(20)8-3-14/h2-3,5-10,12H,4,11H2,1H3,(H,22,23). The van der Waals surface area contributed by atoms with E-state index in [1.165, 1.54) is 12.1 Å². The molecule has 3 nitrogen and oxygen atoms in total. The van der Waals surface area contributed by atoms with E-state index in [1.807, 2.05) is 36.6 Å². The number of thiazole rings is 1. The van der Waals surface area contributed by atoms with Crippen molar-refractivity contribution in [2.24, 2.45) is 0 Å². The number of carbonyl (C=O) groups excluding carboxylic acids is 1. The minimum atomic E-state index is -0.265. The summed E-state index contributed by atoms with van der Waals surface area (Å²) >= 11 is 1.62. The summed E-state index contributed by atoms with van der Waals surface area (Å²) in [7, 11) is 0. The Hall–Kier alpha value is -2.53. The summed E-state index contributed by atoms with van der Waals surface area (Å²) in [6, 6.07) is 13.9. The molecule has 24 heavy (non-hydrogen) atoms. The Morgan fingerprint density at radius 2 is 1.83 bits per heavy atom. The minimum Gasteiger partial charge on any atom is -0.326 e. The van der Waals surface area contributed by atoms with E-state index in [9.17, 15) is 9.18 Å². The highest BCUT2D eigenvalue weighted by Crippen LogP contribution is 2.23. The monoisotopic (exact) mass is 340 g/mol. The first-order valence-corrected chi connectivity index (χ1v) is 8.55. The van der Waals surface area contributed by atoms with Crippen LogP contribution in [0.1, 0.15) is 17.0 Å². The average molecular weight is 340 g/mol. The van der Waals surface area contributed by atoms with Gasteiger partial charge in [0.15, 0.2) is 0 Å². The van der Waals surface area contributed by atoms with Crippen molar-refractivity contribution in [1.82, 2.24) is 4.98 Å². The molecule has 0 fully saturated rings. The molecular formula is C19H17FN2OS. The first-order chi connectivity index (χ1) is 11.6. The number of anilines is 1. The van der Waals surface area contributed by atoms with Gasteiger partial charge >= 0.3 is 0 Å². The maximum Gasteiger partial charge on any atom is 0.224 e. The number of nitrogens with one attached hydrogen (secondary N) is 1. The van der Waals surface area contributed by atoms with E-state index in [2.05, 4.69) is 10.3 Å². The van der Waals surface area contributed by atoms with Crippen LogP contribution in [0, 0.1) is 12.7 Å². The summed E-state index contributed by atoms with van der Waals surface area (Å²) in [5.41, 5.74) is 3.69. The van der Waals surface area contributed by atoms with Gasteiger partial charge in [0.05, 0.1) is 10.7 Å². The Morgan fingerprint density at radius 3 is 2.46 bits per heavy atom. The number of amides is 1. The molecule has 2 aromatic carbocycles. The molecule has 0 unspecified atom stereocenters. The number of carbonyl (C=O) groups is 1. The molecule has 0 aliphatic heterocycles. The van der Waals surface area contributed by atoms with E-state index in [-0.39, 0.29) is 11.7 Å². The fourth-order valence-corrected chi connectivity index (χ4v) is 2.97. The maximum absolute atomic E-state index is 12.8. The number of aromatic nitrogens is 1. The van der Waals surface area contributed by atoms with Gasteiger partial charge in [0.2, 0.25) is 5.91 Å². The maximum atomic E-state index is 12.8. The van der Waals surface area contributed by atoms with E-state index < -0.39 is 0 Å². The smallest absolute Gasteiger partial charge is 0.224 e. The van der Waals surface area contributed by atoms with Gasteiger partial charge < -0.3 is 5.32 Å². The van der Waals surface area contributed by atoms with Gasteiger partial charge in [-0.2, -0.15) is 0 Å². The van der Waals surface area contributed by atoms with Gasteiger partial charge in [0, 0.05) is 23.1 Å². The van der Waals surface area contributed by atoms with Gasteiger partial charge in [-0.05, 0) is 43.2 Å². The van der Waals surface area contributed by atoms with Gasteiger partial charge in [-0.3, -0.25) is 4.79 Å². The SMILES string of the molecule is Cc1nc(-c2ccc(NC(=O)CCc3ccc(F)cc3)cc2)cs1. The highest BCUT2D eigenvalue weighted by atomic mass is 32.1. The first-order valence-electron chi connectivity index (χ1n) is 7.67. The van der Waals surface area contributed by atoms with E-state index in [4.69, 9.17) is 0 Å². The minimum absolute atomic E-state index is 0.0587. The summed E-state index contributed by atoms with van der Waals surface area (Å²) < 4.78 is 12.8. The summed E-state index contributed by atoms with van der Waals surface area (Å²) in [6.45, 7) is 1.98. The molecule has 0 atom stereocenters. The van der Waals surface area contributed by atoms with Gasteiger partial charge in [-0.15, -0.1) is 11.3 Å². The van der Waals surface area contributed by atoms with Crippen LogP contribution in [0.2, 0.25) is 0 Å². The lowest BCUT2D eigenvalue weighted by Crippen LogP contribution is -2.12. The predicted octanol–water partition coefficient (Wildman–Crippen LogP) is 4.83. The van der Waals surface area contributed by atoms with Crippen molar-refractivity contribution in [2.45, 2.75) is 19.8 Å². The molecule has 0 radical (unpaired) electrons. The number of aryl methyl sites for hydroxylation is 2. The second kappa shape index (κ2) is 7.36. The number of benzene rings is 2. The molecule has 0 saturated heterocycles. The highest BCUT2D eigenvalue weighted by molar-refractivity contribution is 7.09. The molecular weight excluding hydrogens is 323 g/mol. The van der Waals surface area contributed by atoms with Gasteiger partial charge in [0.25, 0.3) is 0 Å². The van der Waals surface area contributed by atoms with E-state index in [0.29, 0.717) is 12.8 Å². The van der Waals surface area contributed by atoms with Crippen LogP contribution in [0.25, 0.3) is 11.3 Å². The molecule has 122 valence electrons. The molecule has 1 aromatic heterocycles. The molecule has 5 heteroatoms. The lowest BCUT2D eigenvalue weighted by atomic mass is 10.1. The van der Waals surface area contributed by atoms with Crippen molar-refractivity contribution in [2.75, 3.05) is 5.32 Å². The lowest BCUT2D eigenvalue weighted by Gasteiger charge is -2.06. The second-order valence-electron chi connectivity index (χ2n) is 5.50. The van der Waals surface area contributed by atoms with Crippen molar-refractivity contribution in [3.63, 3.8) is 0 Å². The number of rotatable bonds is 5. The molecule has 1 amide bonds. The predicted molar refractivity (Wildman–Crippen MR) is 95.6 cm³/mol. The highest BCUT2D eigenvalue weighted by Gasteiger charge is 2.05. The van der Waals surface area contributed by atoms with Crippen molar-refractivity contribution < 1.29 is 9.18 Å². The molecule has 0 aliphatic carbocycles. The largest absolute Gasteiger partial charge is 0.326 e. The molecule has 0 aliphatic rings. The first kappa shape index (κ1) is 16.3. The van der Waals surface area contributed by atoms with Crippen LogP contribution in [0.3, 0.4) is 0 Å². The lowest BCUT2D eigenvalue weighted by molar-refractivity contribution is -0.116. The topological polar surface area (TPSA) is 42.0 Å². The zero-order valence-electron chi connectivity index (χ0n) is 13.3. The molecule has 0 spiro atoms. The van der Waals surface area contributed by atoms with Crippen molar-refractivity contribution >= 4 is 22.9 Å². The molecule has 0 saturated carbocycles. The summed E-state index contributed by atoms with van der Waals surface area (Å²) in [5, 5.41) is 5.93. The normalized spacial score (nSPS) is 10.6. The Balaban J connectivity index is 1.55. The average Bonchev–Trinajstić information content (AvgIpc) is 3.01. The van der Waals surface area contributed by atoms with Crippen molar-refractivity contribution in [1.29, 1.82) is 0 Å². The van der Waals surface area contributed by atoms with Crippen LogP contribution < -0.4 is 5.32 Å². The Labute approximate surface area is 144 Å². The third-order valence-electron chi connectivity index (χ3n) is 3.64. The fourth-order valence-electron chi connectivity index (χ4n) is 2.35. The van der Waals surface area contributed by atoms with Crippen LogP contribution in [-0.4, -0.2) is 10.9 Å². The fraction of sp³-hybridized carbons (Fsp3) is 0.158. The summed E-state index contributed by atoms with van der Waals surface area (Å²) in [6.07, 6.45) is 0.945. The Morgan fingerprint density at radius 1 is 1.12 bits per heavy atom. The number of hydrogen-bond acceptors (Lipinski definition) is 3. The summed E-state index contributed by atoms with van der Waals surface area (Å²) in [4.78, 5) is 16.5. The third kappa shape index (κ3) is 4.26. The second-order valence-corrected chi connectivity index (χ2v) is 6.57. The van der Waals surface area contributed by atoms with Crippen LogP contribution in [0.5, 0.6) is 0 Å². The van der Waals surface area contributed by atoms with Crippen LogP contribution in [0.15, 0.2) is 53.9 Å². The number of halogens is 1. The zero-order valence-corrected chi connectivity index (χ0v) is 14.1. The molecule has 0 bridgehead atoms. The number of hydrogen-bond donors (Lipinski definition) is 1. The van der Waals surface area contributed by atoms with E-state index in [1.54, 1.807) is 23.5 Å². The molecule has 1 N–H and O–H groups in total. The molecule has 1 heterocycles. The van der Waals surface area contributed by atoms with Crippen LogP contribution >= 0.6 is 11.3 Å². The zero-order chi connectivity index (χ0) is 16.9. The number of nitrogens with zero attached hydrogens (tertiary/aromatic N) is 1. The van der Waals surface area contributed by atoms with Crippen molar-refractivity contribution in [3.05, 3.63) is 70.3 Å². The molecule has 3 aromatic rings. The van der Waals surface area contributed by atoms with Crippen LogP contribution in [0.4, 0.5) is 10.1 Å². The third-order valence-corrected chi connectivity index (χ3v) is 4.41. The Bertz CT molecular complexity index is 825.